The van der Waals surface area contributed by atoms with Gasteiger partial charge in [0.05, 0.1) is 18.1 Å². The molecule has 1 amide bonds. The van der Waals surface area contributed by atoms with Crippen molar-refractivity contribution in [2.24, 2.45) is 5.92 Å². The number of anilines is 1. The third-order valence-electron chi connectivity index (χ3n) is 2.89. The Balaban J connectivity index is 2.30. The topological polar surface area (TPSA) is 66.8 Å². The molecular formula is C12H12ClNO4. The van der Waals surface area contributed by atoms with Gasteiger partial charge in [0.15, 0.2) is 0 Å². The average Bonchev–Trinajstić information content (AvgIpc) is 2.70. The van der Waals surface area contributed by atoms with E-state index in [2.05, 4.69) is 4.74 Å². The number of carbonyl (C=O) groups is 2. The molecule has 96 valence electrons. The molecule has 0 aliphatic carbocycles. The van der Waals surface area contributed by atoms with Gasteiger partial charge >= 0.3 is 5.97 Å². The van der Waals surface area contributed by atoms with Crippen LogP contribution in [-0.2, 0) is 14.3 Å². The van der Waals surface area contributed by atoms with Crippen LogP contribution in [0.5, 0.6) is 5.75 Å². The zero-order valence-electron chi connectivity index (χ0n) is 9.72. The van der Waals surface area contributed by atoms with E-state index in [-0.39, 0.29) is 35.3 Å². The number of phenols is 1. The first-order valence-electron chi connectivity index (χ1n) is 5.40. The molecule has 1 unspecified atom stereocenters. The van der Waals surface area contributed by atoms with E-state index in [1.54, 1.807) is 12.1 Å². The van der Waals surface area contributed by atoms with Crippen LogP contribution in [0.25, 0.3) is 0 Å². The van der Waals surface area contributed by atoms with E-state index in [4.69, 9.17) is 11.6 Å². The van der Waals surface area contributed by atoms with Crippen LogP contribution >= 0.6 is 11.6 Å². The van der Waals surface area contributed by atoms with Crippen LogP contribution in [0.1, 0.15) is 6.42 Å². The highest BCUT2D eigenvalue weighted by Crippen LogP contribution is 2.38. The SMILES string of the molecule is COC(=O)C1CC(=O)N(c2c(O)cccc2Cl)C1. The lowest BCUT2D eigenvalue weighted by atomic mass is 10.1. The standard InChI is InChI=1S/C12H12ClNO4/c1-18-12(17)7-5-10(16)14(6-7)11-8(13)3-2-4-9(11)15/h2-4,7,15H,5-6H2,1H3. The third kappa shape index (κ3) is 2.13. The van der Waals surface area contributed by atoms with Gasteiger partial charge in [0, 0.05) is 13.0 Å². The Morgan fingerprint density at radius 2 is 2.28 bits per heavy atom. The van der Waals surface area contributed by atoms with Crippen LogP contribution in [-0.4, -0.2) is 30.6 Å². The zero-order valence-corrected chi connectivity index (χ0v) is 10.5. The van der Waals surface area contributed by atoms with Crippen LogP contribution in [0.4, 0.5) is 5.69 Å². The second-order valence-electron chi connectivity index (χ2n) is 4.04. The van der Waals surface area contributed by atoms with Crippen molar-refractivity contribution < 1.29 is 19.4 Å². The number of phenolic OH excluding ortho intramolecular Hbond substituents is 1. The number of hydrogen-bond donors (Lipinski definition) is 1. The molecule has 0 aromatic heterocycles. The van der Waals surface area contributed by atoms with Crippen molar-refractivity contribution in [2.75, 3.05) is 18.6 Å². The van der Waals surface area contributed by atoms with Gasteiger partial charge in [-0.3, -0.25) is 9.59 Å². The minimum Gasteiger partial charge on any atom is -0.506 e. The smallest absolute Gasteiger partial charge is 0.311 e. The number of rotatable bonds is 2. The molecule has 2 rings (SSSR count). The van der Waals surface area contributed by atoms with E-state index in [0.29, 0.717) is 0 Å². The minimum atomic E-state index is -0.516. The van der Waals surface area contributed by atoms with Gasteiger partial charge in [-0.05, 0) is 12.1 Å². The van der Waals surface area contributed by atoms with Crippen LogP contribution in [0.2, 0.25) is 5.02 Å². The number of amides is 1. The largest absolute Gasteiger partial charge is 0.506 e. The molecule has 6 heteroatoms. The lowest BCUT2D eigenvalue weighted by Gasteiger charge is -2.18. The Labute approximate surface area is 109 Å². The van der Waals surface area contributed by atoms with Gasteiger partial charge in [-0.1, -0.05) is 17.7 Å². The predicted octanol–water partition coefficient (Wildman–Crippen LogP) is 1.57. The summed E-state index contributed by atoms with van der Waals surface area (Å²) in [6, 6.07) is 4.61. The van der Waals surface area contributed by atoms with Gasteiger partial charge in [0.2, 0.25) is 5.91 Å². The van der Waals surface area contributed by atoms with E-state index in [9.17, 15) is 14.7 Å². The molecule has 0 radical (unpaired) electrons. The molecule has 0 saturated carbocycles. The summed E-state index contributed by atoms with van der Waals surface area (Å²) in [6.45, 7) is 0.169. The monoisotopic (exact) mass is 269 g/mol. The van der Waals surface area contributed by atoms with Crippen molar-refractivity contribution in [3.63, 3.8) is 0 Å². The molecule has 1 atom stereocenters. The number of benzene rings is 1. The van der Waals surface area contributed by atoms with Crippen molar-refractivity contribution in [1.82, 2.24) is 0 Å². The highest BCUT2D eigenvalue weighted by atomic mass is 35.5. The maximum Gasteiger partial charge on any atom is 0.311 e. The van der Waals surface area contributed by atoms with Crippen molar-refractivity contribution in [3.05, 3.63) is 23.2 Å². The first-order valence-corrected chi connectivity index (χ1v) is 5.78. The van der Waals surface area contributed by atoms with Gasteiger partial charge in [-0.25, -0.2) is 0 Å². The van der Waals surface area contributed by atoms with Crippen molar-refractivity contribution in [3.8, 4) is 5.75 Å². The molecule has 1 aliphatic rings. The maximum atomic E-state index is 11.9. The molecule has 1 N–H and O–H groups in total. The average molecular weight is 270 g/mol. The molecule has 1 aromatic carbocycles. The fourth-order valence-electron chi connectivity index (χ4n) is 2.02. The summed E-state index contributed by atoms with van der Waals surface area (Å²) in [5.41, 5.74) is 0.246. The predicted molar refractivity (Wildman–Crippen MR) is 65.6 cm³/mol. The quantitative estimate of drug-likeness (QED) is 0.828. The molecular weight excluding hydrogens is 258 g/mol. The number of ether oxygens (including phenoxy) is 1. The van der Waals surface area contributed by atoms with E-state index >= 15 is 0 Å². The van der Waals surface area contributed by atoms with E-state index < -0.39 is 11.9 Å². The van der Waals surface area contributed by atoms with Crippen molar-refractivity contribution in [1.29, 1.82) is 0 Å². The molecule has 1 saturated heterocycles. The number of nitrogens with zero attached hydrogens (tertiary/aromatic N) is 1. The number of esters is 1. The highest BCUT2D eigenvalue weighted by molar-refractivity contribution is 6.34. The number of aromatic hydroxyl groups is 1. The van der Waals surface area contributed by atoms with Gasteiger partial charge in [-0.15, -0.1) is 0 Å². The number of halogens is 1. The molecule has 1 heterocycles. The number of para-hydroxylation sites is 1. The zero-order chi connectivity index (χ0) is 13.3. The first-order chi connectivity index (χ1) is 8.54. The summed E-state index contributed by atoms with van der Waals surface area (Å²) in [4.78, 5) is 24.6. The lowest BCUT2D eigenvalue weighted by Crippen LogP contribution is -2.26. The van der Waals surface area contributed by atoms with E-state index in [0.717, 1.165) is 0 Å². The summed E-state index contributed by atoms with van der Waals surface area (Å²) in [5.74, 6) is -1.29. The van der Waals surface area contributed by atoms with Gasteiger partial charge in [-0.2, -0.15) is 0 Å². The van der Waals surface area contributed by atoms with Crippen LogP contribution in [0, 0.1) is 5.92 Å². The second-order valence-corrected chi connectivity index (χ2v) is 4.44. The summed E-state index contributed by atoms with van der Waals surface area (Å²) >= 11 is 5.97. The fourth-order valence-corrected chi connectivity index (χ4v) is 2.29. The number of hydrogen-bond acceptors (Lipinski definition) is 4. The van der Waals surface area contributed by atoms with Crippen LogP contribution in [0.3, 0.4) is 0 Å². The molecule has 0 spiro atoms. The molecule has 1 aromatic rings. The molecule has 1 fully saturated rings. The highest BCUT2D eigenvalue weighted by Gasteiger charge is 2.37. The fraction of sp³-hybridized carbons (Fsp3) is 0.333. The number of methoxy groups -OCH3 is 1. The van der Waals surface area contributed by atoms with Crippen molar-refractivity contribution in [2.45, 2.75) is 6.42 Å². The Morgan fingerprint density at radius 1 is 1.56 bits per heavy atom. The summed E-state index contributed by atoms with van der Waals surface area (Å²) in [7, 11) is 1.28. The van der Waals surface area contributed by atoms with Crippen LogP contribution < -0.4 is 4.90 Å². The van der Waals surface area contributed by atoms with Crippen LogP contribution in [0.15, 0.2) is 18.2 Å². The maximum absolute atomic E-state index is 11.9. The van der Waals surface area contributed by atoms with Gasteiger partial charge in [0.25, 0.3) is 0 Å². The Hall–Kier alpha value is -1.75. The Bertz CT molecular complexity index is 483. The molecule has 18 heavy (non-hydrogen) atoms. The van der Waals surface area contributed by atoms with Gasteiger partial charge < -0.3 is 14.7 Å². The second kappa shape index (κ2) is 4.86. The molecule has 1 aliphatic heterocycles. The first kappa shape index (κ1) is 12.7. The summed E-state index contributed by atoms with van der Waals surface area (Å²) in [5, 5.41) is 10.0. The lowest BCUT2D eigenvalue weighted by molar-refractivity contribution is -0.145. The third-order valence-corrected chi connectivity index (χ3v) is 3.20. The van der Waals surface area contributed by atoms with E-state index in [1.807, 2.05) is 0 Å². The Morgan fingerprint density at radius 3 is 2.89 bits per heavy atom. The van der Waals surface area contributed by atoms with Gasteiger partial charge in [0.1, 0.15) is 11.4 Å². The van der Waals surface area contributed by atoms with Crippen molar-refractivity contribution >= 4 is 29.2 Å². The normalized spacial score (nSPS) is 19.1. The minimum absolute atomic E-state index is 0.0668. The molecule has 5 nitrogen and oxygen atoms in total. The van der Waals surface area contributed by atoms with E-state index in [1.165, 1.54) is 18.1 Å². The summed E-state index contributed by atoms with van der Waals surface area (Å²) in [6.07, 6.45) is 0.0668. The summed E-state index contributed by atoms with van der Waals surface area (Å²) < 4.78 is 4.61. The Kier molecular flexibility index (Phi) is 3.43. The number of carbonyl (C=O) groups excluding carboxylic acids is 2. The molecule has 0 bridgehead atoms.